The summed E-state index contributed by atoms with van der Waals surface area (Å²) in [5.41, 5.74) is 3.22. The molecule has 0 radical (unpaired) electrons. The van der Waals surface area contributed by atoms with Crippen molar-refractivity contribution in [1.82, 2.24) is 10.3 Å². The molecule has 0 spiro atoms. The van der Waals surface area contributed by atoms with Gasteiger partial charge in [0.15, 0.2) is 5.13 Å². The number of hydrogen-bond acceptors (Lipinski definition) is 6. The zero-order valence-corrected chi connectivity index (χ0v) is 14.6. The maximum Gasteiger partial charge on any atom is 0.270 e. The molecule has 4 rings (SSSR count). The summed E-state index contributed by atoms with van der Waals surface area (Å²) in [5.74, 6) is 0. The number of thiazole rings is 1. The summed E-state index contributed by atoms with van der Waals surface area (Å²) >= 11 is 1.51. The number of nitro groups is 1. The Kier molecular flexibility index (Phi) is 4.10. The molecule has 2 heterocycles. The van der Waals surface area contributed by atoms with Crippen molar-refractivity contribution in [1.29, 1.82) is 0 Å². The summed E-state index contributed by atoms with van der Waals surface area (Å²) in [6.07, 6.45) is 1.05. The smallest absolute Gasteiger partial charge is 0.270 e. The first-order chi connectivity index (χ1) is 12.1. The Hall–Kier alpha value is -2.51. The Bertz CT molecular complexity index is 934. The van der Waals surface area contributed by atoms with Crippen molar-refractivity contribution in [3.05, 3.63) is 58.1 Å². The maximum absolute atomic E-state index is 11.0. The van der Waals surface area contributed by atoms with Gasteiger partial charge in [0, 0.05) is 24.4 Å². The van der Waals surface area contributed by atoms with Crippen molar-refractivity contribution in [2.24, 2.45) is 0 Å². The number of non-ortho nitro benzene ring substituents is 1. The fraction of sp³-hybridized carbons (Fsp3) is 0.278. The van der Waals surface area contributed by atoms with Crippen molar-refractivity contribution in [2.75, 3.05) is 18.0 Å². The lowest BCUT2D eigenvalue weighted by atomic mass is 10.1. The summed E-state index contributed by atoms with van der Waals surface area (Å²) in [7, 11) is 0. The minimum absolute atomic E-state index is 0.104. The van der Waals surface area contributed by atoms with Gasteiger partial charge in [0.25, 0.3) is 5.69 Å². The van der Waals surface area contributed by atoms with Crippen LogP contribution in [0.1, 0.15) is 12.0 Å². The van der Waals surface area contributed by atoms with Gasteiger partial charge in [0.2, 0.25) is 0 Å². The van der Waals surface area contributed by atoms with E-state index in [0.717, 1.165) is 40.5 Å². The van der Waals surface area contributed by atoms with Gasteiger partial charge in [-0.2, -0.15) is 0 Å². The summed E-state index contributed by atoms with van der Waals surface area (Å²) in [4.78, 5) is 17.7. The van der Waals surface area contributed by atoms with E-state index >= 15 is 0 Å². The van der Waals surface area contributed by atoms with E-state index in [1.807, 2.05) is 0 Å². The quantitative estimate of drug-likeness (QED) is 0.566. The first-order valence-electron chi connectivity index (χ1n) is 8.23. The number of hydrogen-bond donors (Lipinski definition) is 1. The molecular formula is C18H18N4O2S. The lowest BCUT2D eigenvalue weighted by Gasteiger charge is -2.28. The van der Waals surface area contributed by atoms with Crippen LogP contribution in [0.5, 0.6) is 0 Å². The standard InChI is InChI=1S/C18H18N4O2S/c1-12-3-2-4-13(9-12)21(15-7-8-19-11-15)18-20-16-6-5-14(22(23)24)10-17(16)25-18/h2-6,9-10,15,19H,7-8,11H2,1H3. The minimum atomic E-state index is -0.363. The van der Waals surface area contributed by atoms with Crippen LogP contribution in [0.25, 0.3) is 10.2 Å². The molecule has 7 heteroatoms. The molecule has 2 aromatic carbocycles. The second-order valence-corrected chi connectivity index (χ2v) is 7.27. The molecule has 25 heavy (non-hydrogen) atoms. The molecule has 128 valence electrons. The van der Waals surface area contributed by atoms with Crippen LogP contribution in [-0.4, -0.2) is 29.0 Å². The van der Waals surface area contributed by atoms with Gasteiger partial charge in [-0.25, -0.2) is 4.98 Å². The summed E-state index contributed by atoms with van der Waals surface area (Å²) in [5, 5.41) is 15.3. The average molecular weight is 354 g/mol. The van der Waals surface area contributed by atoms with Crippen molar-refractivity contribution < 1.29 is 4.92 Å². The largest absolute Gasteiger partial charge is 0.315 e. The third-order valence-electron chi connectivity index (χ3n) is 4.46. The molecule has 0 bridgehead atoms. The van der Waals surface area contributed by atoms with E-state index in [0.29, 0.717) is 6.04 Å². The maximum atomic E-state index is 11.0. The van der Waals surface area contributed by atoms with Crippen molar-refractivity contribution >= 4 is 38.1 Å². The number of fused-ring (bicyclic) bond motifs is 1. The average Bonchev–Trinajstić information content (AvgIpc) is 3.24. The van der Waals surface area contributed by atoms with E-state index in [1.165, 1.54) is 23.0 Å². The zero-order valence-electron chi connectivity index (χ0n) is 13.8. The summed E-state index contributed by atoms with van der Waals surface area (Å²) < 4.78 is 0.841. The van der Waals surface area contributed by atoms with Crippen LogP contribution in [0.15, 0.2) is 42.5 Å². The Morgan fingerprint density at radius 1 is 1.32 bits per heavy atom. The highest BCUT2D eigenvalue weighted by molar-refractivity contribution is 7.22. The third kappa shape index (κ3) is 3.08. The topological polar surface area (TPSA) is 71.3 Å². The highest BCUT2D eigenvalue weighted by Gasteiger charge is 2.27. The van der Waals surface area contributed by atoms with Gasteiger partial charge in [0.05, 0.1) is 21.2 Å². The molecule has 1 N–H and O–H groups in total. The zero-order chi connectivity index (χ0) is 17.4. The normalized spacial score (nSPS) is 17.1. The molecule has 0 aliphatic carbocycles. The van der Waals surface area contributed by atoms with Gasteiger partial charge in [-0.1, -0.05) is 23.5 Å². The fourth-order valence-corrected chi connectivity index (χ4v) is 4.32. The molecule has 1 aromatic heterocycles. The number of rotatable bonds is 4. The van der Waals surface area contributed by atoms with Crippen LogP contribution < -0.4 is 10.2 Å². The summed E-state index contributed by atoms with van der Waals surface area (Å²) in [6, 6.07) is 13.6. The predicted octanol–water partition coefficient (Wildman–Crippen LogP) is 4.01. The third-order valence-corrected chi connectivity index (χ3v) is 5.47. The van der Waals surface area contributed by atoms with Crippen molar-refractivity contribution in [3.63, 3.8) is 0 Å². The Morgan fingerprint density at radius 3 is 2.92 bits per heavy atom. The molecule has 0 saturated carbocycles. The highest BCUT2D eigenvalue weighted by Crippen LogP contribution is 2.37. The van der Waals surface area contributed by atoms with E-state index in [9.17, 15) is 10.1 Å². The van der Waals surface area contributed by atoms with E-state index < -0.39 is 0 Å². The molecule has 3 aromatic rings. The molecule has 6 nitrogen and oxygen atoms in total. The second kappa shape index (κ2) is 6.42. The van der Waals surface area contributed by atoms with Gasteiger partial charge in [-0.05, 0) is 43.7 Å². The number of nitrogens with one attached hydrogen (secondary N) is 1. The van der Waals surface area contributed by atoms with E-state index in [1.54, 1.807) is 12.1 Å². The fourth-order valence-electron chi connectivity index (χ4n) is 3.23. The van der Waals surface area contributed by atoms with Gasteiger partial charge in [-0.15, -0.1) is 0 Å². The van der Waals surface area contributed by atoms with E-state index in [-0.39, 0.29) is 10.6 Å². The first-order valence-corrected chi connectivity index (χ1v) is 9.05. The predicted molar refractivity (Wildman–Crippen MR) is 101 cm³/mol. The first kappa shape index (κ1) is 16.0. The highest BCUT2D eigenvalue weighted by atomic mass is 32.1. The Morgan fingerprint density at radius 2 is 2.20 bits per heavy atom. The Labute approximate surface area is 149 Å². The van der Waals surface area contributed by atoms with E-state index in [2.05, 4.69) is 41.4 Å². The van der Waals surface area contributed by atoms with Gasteiger partial charge in [-0.3, -0.25) is 10.1 Å². The van der Waals surface area contributed by atoms with Crippen LogP contribution >= 0.6 is 11.3 Å². The van der Waals surface area contributed by atoms with Gasteiger partial charge < -0.3 is 10.2 Å². The van der Waals surface area contributed by atoms with Gasteiger partial charge in [0.1, 0.15) is 0 Å². The monoisotopic (exact) mass is 354 g/mol. The summed E-state index contributed by atoms with van der Waals surface area (Å²) in [6.45, 7) is 3.98. The second-order valence-electron chi connectivity index (χ2n) is 6.26. The number of nitro benzene ring substituents is 1. The Balaban J connectivity index is 1.81. The molecule has 0 amide bonds. The van der Waals surface area contributed by atoms with Crippen LogP contribution in [-0.2, 0) is 0 Å². The number of nitrogens with zero attached hydrogens (tertiary/aromatic N) is 3. The molecule has 1 fully saturated rings. The minimum Gasteiger partial charge on any atom is -0.315 e. The van der Waals surface area contributed by atoms with Crippen LogP contribution in [0.3, 0.4) is 0 Å². The number of aryl methyl sites for hydroxylation is 1. The molecule has 1 atom stereocenters. The van der Waals surface area contributed by atoms with E-state index in [4.69, 9.17) is 4.98 Å². The van der Waals surface area contributed by atoms with Crippen LogP contribution in [0.4, 0.5) is 16.5 Å². The molecule has 1 saturated heterocycles. The number of aromatic nitrogens is 1. The van der Waals surface area contributed by atoms with Crippen LogP contribution in [0.2, 0.25) is 0 Å². The number of anilines is 2. The molecule has 1 aliphatic heterocycles. The van der Waals surface area contributed by atoms with Gasteiger partial charge >= 0.3 is 0 Å². The van der Waals surface area contributed by atoms with Crippen molar-refractivity contribution in [2.45, 2.75) is 19.4 Å². The molecule has 1 aliphatic rings. The lowest BCUT2D eigenvalue weighted by Crippen LogP contribution is -2.32. The number of benzene rings is 2. The lowest BCUT2D eigenvalue weighted by molar-refractivity contribution is -0.384. The molecule has 1 unspecified atom stereocenters. The molecular weight excluding hydrogens is 336 g/mol. The SMILES string of the molecule is Cc1cccc(N(c2nc3ccc([N+](=O)[O-])cc3s2)C2CCNC2)c1. The van der Waals surface area contributed by atoms with Crippen molar-refractivity contribution in [3.8, 4) is 0 Å². The van der Waals surface area contributed by atoms with Crippen LogP contribution in [0, 0.1) is 17.0 Å².